The fourth-order valence-corrected chi connectivity index (χ4v) is 2.64. The number of amides is 2. The van der Waals surface area contributed by atoms with Crippen LogP contribution in [0, 0.1) is 0 Å². The van der Waals surface area contributed by atoms with Crippen LogP contribution in [0.15, 0.2) is 18.2 Å². The van der Waals surface area contributed by atoms with E-state index in [0.29, 0.717) is 5.69 Å². The van der Waals surface area contributed by atoms with Crippen LogP contribution in [-0.4, -0.2) is 43.2 Å². The molecule has 0 aromatic heterocycles. The molecule has 2 amide bonds. The lowest BCUT2D eigenvalue weighted by molar-refractivity contribution is 0.0664. The van der Waals surface area contributed by atoms with E-state index in [1.165, 1.54) is 25.1 Å². The Bertz CT molecular complexity index is 652. The third-order valence-corrected chi connectivity index (χ3v) is 4.74. The molecule has 2 N–H and O–H groups in total. The number of sulfone groups is 1. The zero-order valence-corrected chi connectivity index (χ0v) is 11.2. The Labute approximate surface area is 111 Å². The van der Waals surface area contributed by atoms with Gasteiger partial charge < -0.3 is 5.73 Å². The van der Waals surface area contributed by atoms with Crippen molar-refractivity contribution >= 4 is 27.3 Å². The van der Waals surface area contributed by atoms with E-state index in [4.69, 9.17) is 5.73 Å². The quantitative estimate of drug-likeness (QED) is 0.632. The molecule has 0 saturated heterocycles. The van der Waals surface area contributed by atoms with Crippen molar-refractivity contribution in [1.82, 2.24) is 4.90 Å². The Morgan fingerprint density at radius 2 is 1.79 bits per heavy atom. The highest BCUT2D eigenvalue weighted by atomic mass is 32.2. The van der Waals surface area contributed by atoms with Gasteiger partial charge in [0.05, 0.1) is 16.9 Å². The molecule has 6 nitrogen and oxygen atoms in total. The third-order valence-electron chi connectivity index (χ3n) is 3.06. The minimum Gasteiger partial charge on any atom is -0.399 e. The van der Waals surface area contributed by atoms with E-state index >= 15 is 0 Å². The van der Waals surface area contributed by atoms with E-state index in [1.54, 1.807) is 0 Å². The zero-order valence-electron chi connectivity index (χ0n) is 10.4. The van der Waals surface area contributed by atoms with Gasteiger partial charge in [-0.05, 0) is 18.2 Å². The molecule has 1 aliphatic rings. The summed E-state index contributed by atoms with van der Waals surface area (Å²) in [6, 6.07) is 4.46. The summed E-state index contributed by atoms with van der Waals surface area (Å²) < 4.78 is 22.9. The van der Waals surface area contributed by atoms with Crippen molar-refractivity contribution < 1.29 is 18.0 Å². The number of nitrogens with two attached hydrogens (primary N) is 1. The molecule has 0 saturated carbocycles. The lowest BCUT2D eigenvalue weighted by Crippen LogP contribution is -2.34. The first-order chi connectivity index (χ1) is 8.85. The Kier molecular flexibility index (Phi) is 3.32. The number of nitrogen functional groups attached to an aromatic ring is 1. The molecule has 0 unspecified atom stereocenters. The van der Waals surface area contributed by atoms with Crippen LogP contribution in [-0.2, 0) is 9.84 Å². The zero-order chi connectivity index (χ0) is 14.2. The Hall–Kier alpha value is -1.89. The molecule has 7 heteroatoms. The van der Waals surface area contributed by atoms with Crippen molar-refractivity contribution in [3.05, 3.63) is 29.3 Å². The monoisotopic (exact) mass is 282 g/mol. The molecule has 0 fully saturated rings. The number of fused-ring (bicyclic) bond motifs is 1. The average molecular weight is 282 g/mol. The molecule has 1 aliphatic heterocycles. The Balaban J connectivity index is 2.23. The van der Waals surface area contributed by atoms with Gasteiger partial charge >= 0.3 is 0 Å². The third kappa shape index (κ3) is 2.46. The van der Waals surface area contributed by atoms with Crippen LogP contribution < -0.4 is 5.73 Å². The first-order valence-electron chi connectivity index (χ1n) is 5.82. The lowest BCUT2D eigenvalue weighted by Gasteiger charge is -2.13. The van der Waals surface area contributed by atoms with Gasteiger partial charge in [0.2, 0.25) is 0 Å². The topological polar surface area (TPSA) is 97.5 Å². The number of carbonyl (C=O) groups excluding carboxylic acids is 2. The first kappa shape index (κ1) is 13.5. The number of imide groups is 1. The van der Waals surface area contributed by atoms with Gasteiger partial charge in [-0.25, -0.2) is 8.42 Å². The molecule has 19 heavy (non-hydrogen) atoms. The molecule has 102 valence electrons. The highest BCUT2D eigenvalue weighted by Crippen LogP contribution is 2.24. The number of anilines is 1. The van der Waals surface area contributed by atoms with E-state index in [2.05, 4.69) is 0 Å². The SMILES string of the molecule is CCS(=O)(=O)CCN1C(=O)c2ccc(N)cc2C1=O. The largest absolute Gasteiger partial charge is 0.399 e. The molecular weight excluding hydrogens is 268 g/mol. The summed E-state index contributed by atoms with van der Waals surface area (Å²) in [6.45, 7) is 1.40. The number of hydrogen-bond donors (Lipinski definition) is 1. The van der Waals surface area contributed by atoms with E-state index in [-0.39, 0.29) is 29.2 Å². The number of hydrogen-bond acceptors (Lipinski definition) is 5. The summed E-state index contributed by atoms with van der Waals surface area (Å²) >= 11 is 0. The van der Waals surface area contributed by atoms with Gasteiger partial charge in [0.1, 0.15) is 0 Å². The molecule has 1 aromatic carbocycles. The number of carbonyl (C=O) groups is 2. The van der Waals surface area contributed by atoms with Crippen LogP contribution in [0.1, 0.15) is 27.6 Å². The van der Waals surface area contributed by atoms with E-state index in [0.717, 1.165) is 4.90 Å². The van der Waals surface area contributed by atoms with E-state index in [1.807, 2.05) is 0 Å². The van der Waals surface area contributed by atoms with E-state index in [9.17, 15) is 18.0 Å². The smallest absolute Gasteiger partial charge is 0.261 e. The summed E-state index contributed by atoms with van der Waals surface area (Å²) in [5.41, 5.74) is 6.47. The van der Waals surface area contributed by atoms with Gasteiger partial charge in [0.15, 0.2) is 9.84 Å². The molecule has 1 aromatic rings. The van der Waals surface area contributed by atoms with Gasteiger partial charge in [-0.15, -0.1) is 0 Å². The standard InChI is InChI=1S/C12H14N2O4S/c1-2-19(17,18)6-5-14-11(15)9-4-3-8(13)7-10(9)12(14)16/h3-4,7H,2,5-6,13H2,1H3. The summed E-state index contributed by atoms with van der Waals surface area (Å²) in [7, 11) is -3.22. The number of rotatable bonds is 4. The van der Waals surface area contributed by atoms with Crippen LogP contribution in [0.3, 0.4) is 0 Å². The molecule has 0 atom stereocenters. The molecule has 0 bridgehead atoms. The van der Waals surface area contributed by atoms with Crippen molar-refractivity contribution in [3.8, 4) is 0 Å². The molecule has 1 heterocycles. The minimum atomic E-state index is -3.22. The Morgan fingerprint density at radius 3 is 2.42 bits per heavy atom. The Morgan fingerprint density at radius 1 is 1.16 bits per heavy atom. The molecule has 2 rings (SSSR count). The van der Waals surface area contributed by atoms with Gasteiger partial charge in [0, 0.05) is 18.0 Å². The van der Waals surface area contributed by atoms with Gasteiger partial charge in [-0.1, -0.05) is 6.92 Å². The van der Waals surface area contributed by atoms with Crippen LogP contribution in [0.4, 0.5) is 5.69 Å². The van der Waals surface area contributed by atoms with Gasteiger partial charge in [0.25, 0.3) is 11.8 Å². The van der Waals surface area contributed by atoms with Crippen molar-refractivity contribution in [2.75, 3.05) is 23.8 Å². The maximum atomic E-state index is 12.0. The van der Waals surface area contributed by atoms with Crippen molar-refractivity contribution in [1.29, 1.82) is 0 Å². The predicted octanol–water partition coefficient (Wildman–Crippen LogP) is 0.300. The molecule has 0 aliphatic carbocycles. The first-order valence-corrected chi connectivity index (χ1v) is 7.64. The van der Waals surface area contributed by atoms with Gasteiger partial charge in [-0.2, -0.15) is 0 Å². The fourth-order valence-electron chi connectivity index (χ4n) is 1.89. The maximum Gasteiger partial charge on any atom is 0.261 e. The molecule has 0 spiro atoms. The second kappa shape index (κ2) is 4.65. The highest BCUT2D eigenvalue weighted by Gasteiger charge is 2.35. The lowest BCUT2D eigenvalue weighted by atomic mass is 10.1. The normalized spacial score (nSPS) is 14.9. The van der Waals surface area contributed by atoms with Crippen molar-refractivity contribution in [3.63, 3.8) is 0 Å². The second-order valence-electron chi connectivity index (χ2n) is 4.30. The summed E-state index contributed by atoms with van der Waals surface area (Å²) in [4.78, 5) is 25.0. The van der Waals surface area contributed by atoms with Crippen LogP contribution in [0.5, 0.6) is 0 Å². The van der Waals surface area contributed by atoms with Crippen LogP contribution in [0.2, 0.25) is 0 Å². The fraction of sp³-hybridized carbons (Fsp3) is 0.333. The van der Waals surface area contributed by atoms with Crippen LogP contribution in [0.25, 0.3) is 0 Å². The minimum absolute atomic E-state index is 0.0108. The maximum absolute atomic E-state index is 12.0. The molecular formula is C12H14N2O4S. The van der Waals surface area contributed by atoms with Gasteiger partial charge in [-0.3, -0.25) is 14.5 Å². The summed E-state index contributed by atoms with van der Waals surface area (Å²) in [5, 5.41) is 0. The second-order valence-corrected chi connectivity index (χ2v) is 6.78. The summed E-state index contributed by atoms with van der Waals surface area (Å²) in [5.74, 6) is -1.18. The van der Waals surface area contributed by atoms with Crippen molar-refractivity contribution in [2.45, 2.75) is 6.92 Å². The number of nitrogens with zero attached hydrogens (tertiary/aromatic N) is 1. The summed E-state index contributed by atoms with van der Waals surface area (Å²) in [6.07, 6.45) is 0. The highest BCUT2D eigenvalue weighted by molar-refractivity contribution is 7.91. The van der Waals surface area contributed by atoms with Crippen LogP contribution >= 0.6 is 0 Å². The predicted molar refractivity (Wildman–Crippen MR) is 70.5 cm³/mol. The number of benzene rings is 1. The van der Waals surface area contributed by atoms with Crippen molar-refractivity contribution in [2.24, 2.45) is 0 Å². The van der Waals surface area contributed by atoms with E-state index < -0.39 is 21.7 Å². The average Bonchev–Trinajstić information content (AvgIpc) is 2.60. The molecule has 0 radical (unpaired) electrons.